The molecule has 1 unspecified atom stereocenters. The summed E-state index contributed by atoms with van der Waals surface area (Å²) >= 11 is 4.06. The first-order chi connectivity index (χ1) is 8.31. The van der Waals surface area contributed by atoms with E-state index in [4.69, 9.17) is 0 Å². The Morgan fingerprint density at radius 1 is 1.00 bits per heavy atom. The molecule has 0 aromatic heterocycles. The van der Waals surface area contributed by atoms with Crippen molar-refractivity contribution >= 4 is 18.5 Å². The van der Waals surface area contributed by atoms with Crippen LogP contribution in [-0.4, -0.2) is 5.11 Å². The molecule has 0 aliphatic heterocycles. The fraction of sp³-hybridized carbons (Fsp3) is 0.143. The molecule has 2 nitrogen and oxygen atoms in total. The second kappa shape index (κ2) is 5.75. The van der Waals surface area contributed by atoms with Crippen LogP contribution in [0, 0.1) is 0 Å². The van der Waals surface area contributed by atoms with E-state index < -0.39 is 6.10 Å². The molecule has 2 rings (SSSR count). The van der Waals surface area contributed by atoms with E-state index in [1.54, 1.807) is 0 Å². The third kappa shape index (κ3) is 3.02. The summed E-state index contributed by atoms with van der Waals surface area (Å²) in [6.45, 7) is 0. The van der Waals surface area contributed by atoms with E-state index >= 15 is 0 Å². The highest BCUT2D eigenvalue weighted by molar-refractivity contribution is 7.81. The van der Waals surface area contributed by atoms with Gasteiger partial charge >= 0.3 is 0 Å². The predicted octanol–water partition coefficient (Wildman–Crippen LogP) is 3.22. The van der Waals surface area contributed by atoms with Crippen molar-refractivity contribution in [1.82, 2.24) is 0 Å². The molecular formula is C14H15NOS. The normalized spacial score (nSPS) is 12.1. The molecule has 2 aromatic carbocycles. The van der Waals surface area contributed by atoms with Crippen LogP contribution in [0.4, 0.5) is 5.69 Å². The number of thiol groups is 1. The molecule has 17 heavy (non-hydrogen) atoms. The third-order valence-electron chi connectivity index (χ3n) is 2.74. The minimum Gasteiger partial charge on any atom is -0.388 e. The van der Waals surface area contributed by atoms with Gasteiger partial charge in [0.15, 0.2) is 0 Å². The summed E-state index contributed by atoms with van der Waals surface area (Å²) in [5, 5.41) is 10.1. The largest absolute Gasteiger partial charge is 0.388 e. The lowest BCUT2D eigenvalue weighted by Gasteiger charge is -2.13. The number of hydrogen-bond donors (Lipinski definition) is 3. The third-order valence-corrected chi connectivity index (χ3v) is 2.98. The number of para-hydroxylation sites is 1. The van der Waals surface area contributed by atoms with Crippen molar-refractivity contribution < 1.29 is 5.11 Å². The van der Waals surface area contributed by atoms with Crippen molar-refractivity contribution in [3.05, 3.63) is 65.7 Å². The maximum absolute atomic E-state index is 10.1. The van der Waals surface area contributed by atoms with Gasteiger partial charge in [-0.2, -0.15) is 0 Å². The van der Waals surface area contributed by atoms with Crippen LogP contribution < -0.4 is 4.72 Å². The first-order valence-electron chi connectivity index (χ1n) is 5.52. The maximum Gasteiger partial charge on any atom is 0.0831 e. The van der Waals surface area contributed by atoms with E-state index in [2.05, 4.69) is 17.5 Å². The highest BCUT2D eigenvalue weighted by Gasteiger charge is 2.10. The van der Waals surface area contributed by atoms with Gasteiger partial charge < -0.3 is 9.83 Å². The number of rotatable bonds is 4. The van der Waals surface area contributed by atoms with Gasteiger partial charge in [-0.05, 0) is 17.2 Å². The molecule has 0 saturated carbocycles. The molecule has 0 saturated heterocycles. The summed E-state index contributed by atoms with van der Waals surface area (Å²) in [5.74, 6) is 0. The number of nitrogens with one attached hydrogen (secondary N) is 1. The Kier molecular flexibility index (Phi) is 4.07. The van der Waals surface area contributed by atoms with Gasteiger partial charge in [0.05, 0.1) is 6.10 Å². The Hall–Kier alpha value is -1.45. The number of aliphatic hydroxyl groups excluding tert-OH is 1. The van der Waals surface area contributed by atoms with E-state index in [1.165, 1.54) is 0 Å². The highest BCUT2D eigenvalue weighted by Crippen LogP contribution is 2.23. The second-order valence-corrected chi connectivity index (χ2v) is 4.12. The first kappa shape index (κ1) is 12.0. The zero-order chi connectivity index (χ0) is 12.1. The summed E-state index contributed by atoms with van der Waals surface area (Å²) < 4.78 is 2.84. The quantitative estimate of drug-likeness (QED) is 0.723. The highest BCUT2D eigenvalue weighted by atomic mass is 32.1. The van der Waals surface area contributed by atoms with Crippen LogP contribution in [0.2, 0.25) is 0 Å². The Morgan fingerprint density at radius 2 is 1.65 bits per heavy atom. The van der Waals surface area contributed by atoms with Gasteiger partial charge in [-0.3, -0.25) is 0 Å². The molecule has 2 aromatic rings. The lowest BCUT2D eigenvalue weighted by Crippen LogP contribution is -2.03. The predicted molar refractivity (Wildman–Crippen MR) is 74.2 cm³/mol. The molecule has 1 atom stereocenters. The Balaban J connectivity index is 2.16. The van der Waals surface area contributed by atoms with E-state index in [9.17, 15) is 5.11 Å². The zero-order valence-corrected chi connectivity index (χ0v) is 10.3. The summed E-state index contributed by atoms with van der Waals surface area (Å²) in [4.78, 5) is 0. The standard InChI is InChI=1S/C14H15NOS/c16-14(11-6-2-1-3-7-11)10-12-8-4-5-9-13(12)15-17/h1-9,14-17H,10H2. The monoisotopic (exact) mass is 245 g/mol. The average molecular weight is 245 g/mol. The smallest absolute Gasteiger partial charge is 0.0831 e. The zero-order valence-electron chi connectivity index (χ0n) is 9.38. The van der Waals surface area contributed by atoms with Gasteiger partial charge in [-0.15, -0.1) is 0 Å². The van der Waals surface area contributed by atoms with Crippen molar-refractivity contribution in [2.75, 3.05) is 4.72 Å². The number of benzene rings is 2. The molecule has 0 radical (unpaired) electrons. The Bertz CT molecular complexity index is 473. The fourth-order valence-electron chi connectivity index (χ4n) is 1.81. The van der Waals surface area contributed by atoms with E-state index in [-0.39, 0.29) is 0 Å². The molecule has 0 bridgehead atoms. The van der Waals surface area contributed by atoms with Crippen LogP contribution in [0.15, 0.2) is 54.6 Å². The molecule has 0 aliphatic carbocycles. The first-order valence-corrected chi connectivity index (χ1v) is 5.97. The van der Waals surface area contributed by atoms with Crippen molar-refractivity contribution in [1.29, 1.82) is 0 Å². The van der Waals surface area contributed by atoms with E-state index in [1.807, 2.05) is 54.6 Å². The van der Waals surface area contributed by atoms with Gasteiger partial charge in [0, 0.05) is 12.1 Å². The van der Waals surface area contributed by atoms with Crippen LogP contribution in [-0.2, 0) is 6.42 Å². The van der Waals surface area contributed by atoms with Crippen molar-refractivity contribution in [2.45, 2.75) is 12.5 Å². The summed E-state index contributed by atoms with van der Waals surface area (Å²) in [5.41, 5.74) is 2.92. The molecule has 88 valence electrons. The van der Waals surface area contributed by atoms with Crippen molar-refractivity contribution in [2.24, 2.45) is 0 Å². The van der Waals surface area contributed by atoms with Gasteiger partial charge in [0.2, 0.25) is 0 Å². The van der Waals surface area contributed by atoms with Crippen LogP contribution in [0.1, 0.15) is 17.2 Å². The minimum absolute atomic E-state index is 0.487. The lowest BCUT2D eigenvalue weighted by molar-refractivity contribution is 0.178. The SMILES string of the molecule is OC(Cc1ccccc1NS)c1ccccc1. The van der Waals surface area contributed by atoms with Gasteiger partial charge in [-0.1, -0.05) is 61.3 Å². The number of hydrogen-bond acceptors (Lipinski definition) is 3. The van der Waals surface area contributed by atoms with E-state index in [0.29, 0.717) is 6.42 Å². The molecule has 3 heteroatoms. The Morgan fingerprint density at radius 3 is 2.35 bits per heavy atom. The Labute approximate surface area is 107 Å². The summed E-state index contributed by atoms with van der Waals surface area (Å²) in [6, 6.07) is 17.5. The molecule has 0 fully saturated rings. The van der Waals surface area contributed by atoms with Crippen molar-refractivity contribution in [3.8, 4) is 0 Å². The topological polar surface area (TPSA) is 32.3 Å². The maximum atomic E-state index is 10.1. The van der Waals surface area contributed by atoms with Gasteiger partial charge in [-0.25, -0.2) is 0 Å². The van der Waals surface area contributed by atoms with Crippen LogP contribution in [0.5, 0.6) is 0 Å². The van der Waals surface area contributed by atoms with Crippen LogP contribution in [0.3, 0.4) is 0 Å². The molecule has 0 amide bonds. The van der Waals surface area contributed by atoms with E-state index in [0.717, 1.165) is 16.8 Å². The molecule has 0 spiro atoms. The average Bonchev–Trinajstić information content (AvgIpc) is 2.40. The number of anilines is 1. The molecule has 0 heterocycles. The summed E-state index contributed by atoms with van der Waals surface area (Å²) in [7, 11) is 0. The van der Waals surface area contributed by atoms with Crippen molar-refractivity contribution in [3.63, 3.8) is 0 Å². The van der Waals surface area contributed by atoms with Gasteiger partial charge in [0.25, 0.3) is 0 Å². The summed E-state index contributed by atoms with van der Waals surface area (Å²) in [6.07, 6.45) is 0.0901. The van der Waals surface area contributed by atoms with Crippen LogP contribution >= 0.6 is 12.8 Å². The van der Waals surface area contributed by atoms with Gasteiger partial charge in [0.1, 0.15) is 0 Å². The lowest BCUT2D eigenvalue weighted by atomic mass is 10.0. The molecule has 2 N–H and O–H groups in total. The number of aliphatic hydroxyl groups is 1. The molecular weight excluding hydrogens is 230 g/mol. The fourth-order valence-corrected chi connectivity index (χ4v) is 2.03. The second-order valence-electron chi connectivity index (χ2n) is 3.90. The minimum atomic E-state index is -0.487. The molecule has 0 aliphatic rings. The van der Waals surface area contributed by atoms with Crippen LogP contribution in [0.25, 0.3) is 0 Å².